The van der Waals surface area contributed by atoms with Crippen LogP contribution in [-0.2, 0) is 6.67 Å². The zero-order valence-corrected chi connectivity index (χ0v) is 14.5. The van der Waals surface area contributed by atoms with Crippen molar-refractivity contribution in [1.29, 1.82) is 0 Å². The Morgan fingerprint density at radius 2 is 1.60 bits per heavy atom. The summed E-state index contributed by atoms with van der Waals surface area (Å²) in [5, 5.41) is 8.39. The van der Waals surface area contributed by atoms with Crippen LogP contribution in [0.5, 0.6) is 0 Å². The van der Waals surface area contributed by atoms with E-state index in [1.807, 2.05) is 36.4 Å². The summed E-state index contributed by atoms with van der Waals surface area (Å²) in [5.74, 6) is 0.786. The largest absolute Gasteiger partial charge is 0.338 e. The third-order valence-corrected chi connectivity index (χ3v) is 4.57. The van der Waals surface area contributed by atoms with Gasteiger partial charge in [-0.1, -0.05) is 18.2 Å². The van der Waals surface area contributed by atoms with E-state index in [2.05, 4.69) is 30.2 Å². The number of aromatic nitrogens is 6. The van der Waals surface area contributed by atoms with E-state index in [1.54, 1.807) is 21.8 Å². The van der Waals surface area contributed by atoms with Gasteiger partial charge in [-0.25, -0.2) is 14.6 Å². The molecule has 0 bridgehead atoms. The molecule has 128 valence electrons. The normalized spacial score (nSPS) is 15.4. The third kappa shape index (κ3) is 3.42. The van der Waals surface area contributed by atoms with Gasteiger partial charge >= 0.3 is 0 Å². The SMILES string of the molecule is S=c1n(CN2CCN(c3ncccn3)CC2)nnn1-c1ccccc1. The number of para-hydroxylation sites is 1. The standard InChI is InChI=1S/C16H18N8S/c25-16-23(19-20-24(16)14-5-2-1-3-6-14)13-21-9-11-22(12-10-21)15-17-7-4-8-18-15/h1-8H,9-13H2. The Morgan fingerprint density at radius 3 is 2.32 bits per heavy atom. The number of nitrogens with zero attached hydrogens (tertiary/aromatic N) is 8. The minimum atomic E-state index is 0.597. The van der Waals surface area contributed by atoms with Crippen molar-refractivity contribution in [1.82, 2.24) is 34.7 Å². The molecule has 1 fully saturated rings. The second-order valence-corrected chi connectivity index (χ2v) is 6.17. The van der Waals surface area contributed by atoms with Gasteiger partial charge in [-0.15, -0.1) is 0 Å². The Hall–Kier alpha value is -2.65. The smallest absolute Gasteiger partial charge is 0.225 e. The van der Waals surface area contributed by atoms with Crippen LogP contribution in [0.1, 0.15) is 0 Å². The first-order valence-corrected chi connectivity index (χ1v) is 8.55. The maximum atomic E-state index is 5.52. The Morgan fingerprint density at radius 1 is 0.880 bits per heavy atom. The van der Waals surface area contributed by atoms with Gasteiger partial charge in [0.2, 0.25) is 10.7 Å². The number of piperazine rings is 1. The van der Waals surface area contributed by atoms with Crippen LogP contribution in [0.25, 0.3) is 5.69 Å². The van der Waals surface area contributed by atoms with Gasteiger partial charge in [0.05, 0.1) is 12.4 Å². The number of benzene rings is 1. The van der Waals surface area contributed by atoms with Crippen molar-refractivity contribution in [3.05, 3.63) is 53.6 Å². The molecule has 0 saturated carbocycles. The molecule has 0 spiro atoms. The lowest BCUT2D eigenvalue weighted by atomic mass is 10.3. The average Bonchev–Trinajstić information content (AvgIpc) is 3.04. The van der Waals surface area contributed by atoms with E-state index in [1.165, 1.54) is 0 Å². The monoisotopic (exact) mass is 354 g/mol. The molecule has 1 aromatic carbocycles. The van der Waals surface area contributed by atoms with Crippen molar-refractivity contribution in [3.8, 4) is 5.69 Å². The average molecular weight is 354 g/mol. The van der Waals surface area contributed by atoms with E-state index >= 15 is 0 Å². The van der Waals surface area contributed by atoms with Gasteiger partial charge < -0.3 is 4.90 Å². The minimum Gasteiger partial charge on any atom is -0.338 e. The topological polar surface area (TPSA) is 67.9 Å². The summed E-state index contributed by atoms with van der Waals surface area (Å²) in [4.78, 5) is 13.1. The molecule has 0 radical (unpaired) electrons. The molecule has 0 unspecified atom stereocenters. The molecule has 1 aliphatic rings. The molecule has 0 aliphatic carbocycles. The number of tetrazole rings is 1. The van der Waals surface area contributed by atoms with E-state index in [0.29, 0.717) is 11.4 Å². The lowest BCUT2D eigenvalue weighted by molar-refractivity contribution is 0.192. The second-order valence-electron chi connectivity index (χ2n) is 5.80. The summed E-state index contributed by atoms with van der Waals surface area (Å²) in [6.07, 6.45) is 3.55. The van der Waals surface area contributed by atoms with Crippen LogP contribution < -0.4 is 4.90 Å². The van der Waals surface area contributed by atoms with Crippen LogP contribution in [0, 0.1) is 4.77 Å². The Bertz CT molecular complexity index is 868. The summed E-state index contributed by atoms with van der Waals surface area (Å²) in [6, 6.07) is 11.6. The Balaban J connectivity index is 1.41. The summed E-state index contributed by atoms with van der Waals surface area (Å²) in [6.45, 7) is 4.19. The van der Waals surface area contributed by atoms with Gasteiger partial charge in [-0.2, -0.15) is 4.68 Å². The Kier molecular flexibility index (Phi) is 4.49. The Labute approximate surface area is 150 Å². The van der Waals surface area contributed by atoms with Crippen LogP contribution in [0.3, 0.4) is 0 Å². The van der Waals surface area contributed by atoms with Gasteiger partial charge in [0.1, 0.15) is 0 Å². The molecule has 2 aromatic heterocycles. The van der Waals surface area contributed by atoms with Crippen LogP contribution in [0.4, 0.5) is 5.95 Å². The van der Waals surface area contributed by atoms with Crippen molar-refractivity contribution in [2.24, 2.45) is 0 Å². The van der Waals surface area contributed by atoms with Crippen LogP contribution in [-0.4, -0.2) is 60.8 Å². The molecular weight excluding hydrogens is 336 g/mol. The van der Waals surface area contributed by atoms with Gasteiger partial charge in [0.25, 0.3) is 0 Å². The lowest BCUT2D eigenvalue weighted by Crippen LogP contribution is -2.47. The molecule has 0 atom stereocenters. The first-order valence-electron chi connectivity index (χ1n) is 8.14. The van der Waals surface area contributed by atoms with Gasteiger partial charge in [0, 0.05) is 38.6 Å². The molecule has 1 aliphatic heterocycles. The summed E-state index contributed by atoms with van der Waals surface area (Å²) in [7, 11) is 0. The molecule has 0 amide bonds. The fourth-order valence-corrected chi connectivity index (χ4v) is 3.06. The maximum absolute atomic E-state index is 5.52. The third-order valence-electron chi connectivity index (χ3n) is 4.18. The predicted molar refractivity (Wildman–Crippen MR) is 96.0 cm³/mol. The molecule has 1 saturated heterocycles. The number of rotatable bonds is 4. The highest BCUT2D eigenvalue weighted by molar-refractivity contribution is 7.71. The highest BCUT2D eigenvalue weighted by atomic mass is 32.1. The van der Waals surface area contributed by atoms with Gasteiger partial charge in [-0.3, -0.25) is 4.90 Å². The minimum absolute atomic E-state index is 0.597. The molecule has 3 heterocycles. The fraction of sp³-hybridized carbons (Fsp3) is 0.312. The molecule has 3 aromatic rings. The number of hydrogen-bond acceptors (Lipinski definition) is 7. The summed E-state index contributed by atoms with van der Waals surface area (Å²) in [5.41, 5.74) is 0.921. The first kappa shape index (κ1) is 15.9. The highest BCUT2D eigenvalue weighted by Crippen LogP contribution is 2.11. The quantitative estimate of drug-likeness (QED) is 0.656. The molecule has 8 nitrogen and oxygen atoms in total. The number of hydrogen-bond donors (Lipinski definition) is 0. The molecular formula is C16H18N8S. The van der Waals surface area contributed by atoms with Crippen molar-refractivity contribution in [3.63, 3.8) is 0 Å². The van der Waals surface area contributed by atoms with Gasteiger partial charge in [-0.05, 0) is 40.8 Å². The fourth-order valence-electron chi connectivity index (χ4n) is 2.83. The van der Waals surface area contributed by atoms with Crippen molar-refractivity contribution in [2.45, 2.75) is 6.67 Å². The first-order chi connectivity index (χ1) is 12.3. The van der Waals surface area contributed by atoms with E-state index in [9.17, 15) is 0 Å². The van der Waals surface area contributed by atoms with Crippen LogP contribution >= 0.6 is 12.2 Å². The summed E-state index contributed by atoms with van der Waals surface area (Å²) < 4.78 is 4.04. The van der Waals surface area contributed by atoms with E-state index in [0.717, 1.165) is 37.8 Å². The zero-order chi connectivity index (χ0) is 17.1. The predicted octanol–water partition coefficient (Wildman–Crippen LogP) is 1.37. The van der Waals surface area contributed by atoms with Crippen molar-refractivity contribution in [2.75, 3.05) is 31.1 Å². The molecule has 9 heteroatoms. The molecule has 4 rings (SSSR count). The molecule has 25 heavy (non-hydrogen) atoms. The van der Waals surface area contributed by atoms with Crippen molar-refractivity contribution < 1.29 is 0 Å². The van der Waals surface area contributed by atoms with E-state index < -0.39 is 0 Å². The van der Waals surface area contributed by atoms with Gasteiger partial charge in [0.15, 0.2) is 0 Å². The molecule has 0 N–H and O–H groups in total. The second kappa shape index (κ2) is 7.08. The van der Waals surface area contributed by atoms with E-state index in [-0.39, 0.29) is 0 Å². The van der Waals surface area contributed by atoms with Crippen LogP contribution in [0.2, 0.25) is 0 Å². The van der Waals surface area contributed by atoms with Crippen LogP contribution in [0.15, 0.2) is 48.8 Å². The maximum Gasteiger partial charge on any atom is 0.225 e. The summed E-state index contributed by atoms with van der Waals surface area (Å²) >= 11 is 5.52. The zero-order valence-electron chi connectivity index (χ0n) is 13.6. The van der Waals surface area contributed by atoms with Crippen molar-refractivity contribution >= 4 is 18.2 Å². The highest BCUT2D eigenvalue weighted by Gasteiger charge is 2.19. The number of anilines is 1. The van der Waals surface area contributed by atoms with E-state index in [4.69, 9.17) is 12.2 Å². The lowest BCUT2D eigenvalue weighted by Gasteiger charge is -2.34.